The largest absolute Gasteiger partial charge is 0.469 e. The number of halogens is 1. The van der Waals surface area contributed by atoms with Crippen molar-refractivity contribution in [1.82, 2.24) is 0 Å². The highest BCUT2D eigenvalue weighted by Gasteiger charge is 2.40. The lowest BCUT2D eigenvalue weighted by atomic mass is 10.2. The highest BCUT2D eigenvalue weighted by molar-refractivity contribution is 5.76. The molecular weight excluding hydrogens is 257 g/mol. The summed E-state index contributed by atoms with van der Waals surface area (Å²) in [5, 5.41) is 10.8. The summed E-state index contributed by atoms with van der Waals surface area (Å²) in [5.74, 6) is -2.12. The number of esters is 1. The average Bonchev–Trinajstić information content (AvgIpc) is 3.20. The Morgan fingerprint density at radius 3 is 2.74 bits per heavy atom. The Bertz CT molecular complexity index is 515. The van der Waals surface area contributed by atoms with E-state index in [0.717, 1.165) is 25.0 Å². The summed E-state index contributed by atoms with van der Waals surface area (Å²) < 4.78 is 23.4. The van der Waals surface area contributed by atoms with Gasteiger partial charge in [0.25, 0.3) is 0 Å². The van der Waals surface area contributed by atoms with Crippen LogP contribution in [-0.4, -0.2) is 24.1 Å². The van der Waals surface area contributed by atoms with Crippen molar-refractivity contribution in [1.29, 1.82) is 0 Å². The van der Waals surface area contributed by atoms with Crippen molar-refractivity contribution < 1.29 is 23.6 Å². The van der Waals surface area contributed by atoms with Crippen molar-refractivity contribution in [3.63, 3.8) is 0 Å². The molecule has 1 fully saturated rings. The molecule has 1 aliphatic rings. The number of nitrogens with zero attached hydrogens (tertiary/aromatic N) is 1. The van der Waals surface area contributed by atoms with Crippen molar-refractivity contribution in [3.8, 4) is 5.75 Å². The highest BCUT2D eigenvalue weighted by Crippen LogP contribution is 2.38. The number of nitro groups is 1. The van der Waals surface area contributed by atoms with Gasteiger partial charge in [0.2, 0.25) is 5.75 Å². The van der Waals surface area contributed by atoms with Gasteiger partial charge in [-0.25, -0.2) is 9.18 Å². The summed E-state index contributed by atoms with van der Waals surface area (Å²) in [6, 6.07) is 3.38. The molecule has 0 aliphatic heterocycles. The van der Waals surface area contributed by atoms with E-state index < -0.39 is 34.3 Å². The number of carbonyl (C=O) groups excluding carboxylic acids is 1. The van der Waals surface area contributed by atoms with Gasteiger partial charge in [0.1, 0.15) is 0 Å². The topological polar surface area (TPSA) is 78.7 Å². The molecule has 0 bridgehead atoms. The number of benzene rings is 1. The Morgan fingerprint density at radius 2 is 2.21 bits per heavy atom. The van der Waals surface area contributed by atoms with E-state index in [1.165, 1.54) is 13.2 Å². The average molecular weight is 269 g/mol. The molecular formula is C12H12FNO5. The highest BCUT2D eigenvalue weighted by atomic mass is 19.1. The van der Waals surface area contributed by atoms with Gasteiger partial charge in [-0.1, -0.05) is 6.07 Å². The molecule has 1 aliphatic carbocycles. The van der Waals surface area contributed by atoms with Crippen LogP contribution in [-0.2, 0) is 9.53 Å². The lowest BCUT2D eigenvalue weighted by molar-refractivity contribution is -0.386. The first-order valence-corrected chi connectivity index (χ1v) is 5.72. The summed E-state index contributed by atoms with van der Waals surface area (Å²) in [6.07, 6.45) is 0.505. The number of ether oxygens (including phenoxy) is 2. The minimum atomic E-state index is -0.999. The molecule has 0 amide bonds. The van der Waals surface area contributed by atoms with Crippen molar-refractivity contribution >= 4 is 11.7 Å². The SMILES string of the molecule is COC(=O)C(Oc1c(F)cccc1[N+](=O)[O-])C1CC1. The third-order valence-corrected chi connectivity index (χ3v) is 2.87. The summed E-state index contributed by atoms with van der Waals surface area (Å²) >= 11 is 0. The maximum atomic E-state index is 13.6. The molecule has 2 rings (SSSR count). The molecule has 0 heterocycles. The van der Waals surface area contributed by atoms with E-state index in [1.54, 1.807) is 0 Å². The van der Waals surface area contributed by atoms with Crippen molar-refractivity contribution in [2.75, 3.05) is 7.11 Å². The maximum Gasteiger partial charge on any atom is 0.347 e. The Labute approximate surface area is 108 Å². The van der Waals surface area contributed by atoms with E-state index in [0.29, 0.717) is 0 Å². The molecule has 1 aromatic rings. The fraction of sp³-hybridized carbons (Fsp3) is 0.417. The van der Waals surface area contributed by atoms with Gasteiger partial charge in [0.05, 0.1) is 12.0 Å². The van der Waals surface area contributed by atoms with Crippen molar-refractivity contribution in [3.05, 3.63) is 34.1 Å². The second-order valence-corrected chi connectivity index (χ2v) is 4.24. The minimum absolute atomic E-state index is 0.0772. The van der Waals surface area contributed by atoms with E-state index >= 15 is 0 Å². The predicted molar refractivity (Wildman–Crippen MR) is 62.2 cm³/mol. The van der Waals surface area contributed by atoms with Crippen LogP contribution in [0.3, 0.4) is 0 Å². The van der Waals surface area contributed by atoms with Crippen LogP contribution >= 0.6 is 0 Å². The Balaban J connectivity index is 2.30. The van der Waals surface area contributed by atoms with E-state index in [9.17, 15) is 19.3 Å². The van der Waals surface area contributed by atoms with E-state index in [1.807, 2.05) is 0 Å². The fourth-order valence-corrected chi connectivity index (χ4v) is 1.74. The van der Waals surface area contributed by atoms with Gasteiger partial charge < -0.3 is 9.47 Å². The van der Waals surface area contributed by atoms with Gasteiger partial charge in [-0.15, -0.1) is 0 Å². The van der Waals surface area contributed by atoms with Crippen LogP contribution in [0.15, 0.2) is 18.2 Å². The predicted octanol–water partition coefficient (Wildman–Crippen LogP) is 2.06. The van der Waals surface area contributed by atoms with Crippen LogP contribution in [0.25, 0.3) is 0 Å². The molecule has 0 saturated heterocycles. The number of methoxy groups -OCH3 is 1. The van der Waals surface area contributed by atoms with Crippen LogP contribution in [0.5, 0.6) is 5.75 Å². The van der Waals surface area contributed by atoms with Crippen molar-refractivity contribution in [2.45, 2.75) is 18.9 Å². The van der Waals surface area contributed by atoms with Gasteiger partial charge in [0, 0.05) is 12.0 Å². The Morgan fingerprint density at radius 1 is 1.53 bits per heavy atom. The van der Waals surface area contributed by atoms with Gasteiger partial charge in [0.15, 0.2) is 11.9 Å². The maximum absolute atomic E-state index is 13.6. The second-order valence-electron chi connectivity index (χ2n) is 4.24. The van der Waals surface area contributed by atoms with E-state index in [-0.39, 0.29) is 5.92 Å². The Kier molecular flexibility index (Phi) is 3.64. The first kappa shape index (κ1) is 13.3. The van der Waals surface area contributed by atoms with Crippen LogP contribution < -0.4 is 4.74 Å². The second kappa shape index (κ2) is 5.21. The lowest BCUT2D eigenvalue weighted by Gasteiger charge is -2.16. The first-order chi connectivity index (χ1) is 9.04. The van der Waals surface area contributed by atoms with Crippen LogP contribution in [0.1, 0.15) is 12.8 Å². The third kappa shape index (κ3) is 2.81. The number of hydrogen-bond acceptors (Lipinski definition) is 5. The van der Waals surface area contributed by atoms with Crippen LogP contribution in [0.4, 0.5) is 10.1 Å². The molecule has 1 atom stereocenters. The molecule has 1 aromatic carbocycles. The van der Waals surface area contributed by atoms with Crippen molar-refractivity contribution in [2.24, 2.45) is 5.92 Å². The van der Waals surface area contributed by atoms with Gasteiger partial charge >= 0.3 is 11.7 Å². The van der Waals surface area contributed by atoms with E-state index in [4.69, 9.17) is 4.74 Å². The molecule has 102 valence electrons. The van der Waals surface area contributed by atoms with Gasteiger partial charge in [-0.3, -0.25) is 10.1 Å². The first-order valence-electron chi connectivity index (χ1n) is 5.72. The number of nitro benzene ring substituents is 1. The molecule has 0 N–H and O–H groups in total. The van der Waals surface area contributed by atoms with Crippen LogP contribution in [0, 0.1) is 21.8 Å². The van der Waals surface area contributed by atoms with Gasteiger partial charge in [-0.05, 0) is 18.9 Å². The molecule has 1 saturated carbocycles. The Hall–Kier alpha value is -2.18. The monoisotopic (exact) mass is 269 g/mol. The third-order valence-electron chi connectivity index (χ3n) is 2.87. The molecule has 1 unspecified atom stereocenters. The summed E-state index contributed by atoms with van der Waals surface area (Å²) in [7, 11) is 1.19. The van der Waals surface area contributed by atoms with Gasteiger partial charge in [-0.2, -0.15) is 0 Å². The molecule has 6 nitrogen and oxygen atoms in total. The normalized spacial score (nSPS) is 15.7. The summed E-state index contributed by atoms with van der Waals surface area (Å²) in [6.45, 7) is 0. The summed E-state index contributed by atoms with van der Waals surface area (Å²) in [4.78, 5) is 21.6. The minimum Gasteiger partial charge on any atom is -0.469 e. The molecule has 0 spiro atoms. The molecule has 7 heteroatoms. The smallest absolute Gasteiger partial charge is 0.347 e. The zero-order valence-electron chi connectivity index (χ0n) is 10.2. The zero-order valence-corrected chi connectivity index (χ0v) is 10.2. The quantitative estimate of drug-likeness (QED) is 0.464. The standard InChI is InChI=1S/C12H12FNO5/c1-18-12(15)10(7-5-6-7)19-11-8(13)3-2-4-9(11)14(16)17/h2-4,7,10H,5-6H2,1H3. The number of hydrogen-bond donors (Lipinski definition) is 0. The van der Waals surface area contributed by atoms with E-state index in [2.05, 4.69) is 4.74 Å². The number of carbonyl (C=O) groups is 1. The molecule has 19 heavy (non-hydrogen) atoms. The number of para-hydroxylation sites is 1. The zero-order chi connectivity index (χ0) is 14.0. The lowest BCUT2D eigenvalue weighted by Crippen LogP contribution is -2.31. The fourth-order valence-electron chi connectivity index (χ4n) is 1.74. The summed E-state index contributed by atoms with van der Waals surface area (Å²) in [5.41, 5.74) is -0.505. The number of rotatable bonds is 5. The molecule has 0 radical (unpaired) electrons. The van der Waals surface area contributed by atoms with Crippen LogP contribution in [0.2, 0.25) is 0 Å². The molecule has 0 aromatic heterocycles.